The molecule has 27 heavy (non-hydrogen) atoms. The van der Waals surface area contributed by atoms with Crippen LogP contribution >= 0.6 is 11.6 Å². The first-order valence-electron chi connectivity index (χ1n) is 9.70. The number of nitrogens with one attached hydrogen (secondary N) is 1. The van der Waals surface area contributed by atoms with Gasteiger partial charge < -0.3 is 15.0 Å². The van der Waals surface area contributed by atoms with Gasteiger partial charge in [-0.2, -0.15) is 0 Å². The molecule has 0 aliphatic carbocycles. The van der Waals surface area contributed by atoms with Gasteiger partial charge in [0.05, 0.1) is 6.61 Å². The molecule has 2 heterocycles. The van der Waals surface area contributed by atoms with Crippen LogP contribution in [-0.4, -0.2) is 48.3 Å². The van der Waals surface area contributed by atoms with E-state index < -0.39 is 0 Å². The molecule has 1 aromatic rings. The van der Waals surface area contributed by atoms with Gasteiger partial charge in [-0.3, -0.25) is 9.59 Å². The molecule has 1 unspecified atom stereocenters. The van der Waals surface area contributed by atoms with Gasteiger partial charge in [-0.25, -0.2) is 0 Å². The van der Waals surface area contributed by atoms with Gasteiger partial charge in [0, 0.05) is 26.1 Å². The van der Waals surface area contributed by atoms with Crippen LogP contribution in [0.2, 0.25) is 0 Å². The molecule has 3 rings (SSSR count). The summed E-state index contributed by atoms with van der Waals surface area (Å²) < 4.78 is 5.84. The Bertz CT molecular complexity index is 684. The lowest BCUT2D eigenvalue weighted by Gasteiger charge is -2.41. The molecule has 0 bridgehead atoms. The monoisotopic (exact) mass is 392 g/mol. The van der Waals surface area contributed by atoms with E-state index >= 15 is 0 Å². The van der Waals surface area contributed by atoms with Crippen LogP contribution in [0.5, 0.6) is 0 Å². The maximum Gasteiger partial charge on any atom is 0.252 e. The van der Waals surface area contributed by atoms with Crippen LogP contribution in [0.3, 0.4) is 0 Å². The fourth-order valence-electron chi connectivity index (χ4n) is 4.11. The van der Waals surface area contributed by atoms with E-state index in [1.807, 2.05) is 17.0 Å². The molecule has 5 nitrogen and oxygen atoms in total. The van der Waals surface area contributed by atoms with Crippen LogP contribution in [-0.2, 0) is 27.4 Å². The van der Waals surface area contributed by atoms with Gasteiger partial charge in [0.15, 0.2) is 0 Å². The first kappa shape index (κ1) is 20.2. The average molecular weight is 393 g/mol. The molecule has 2 aliphatic heterocycles. The molecule has 1 aromatic carbocycles. The van der Waals surface area contributed by atoms with E-state index in [9.17, 15) is 9.59 Å². The van der Waals surface area contributed by atoms with Gasteiger partial charge in [0.2, 0.25) is 5.91 Å². The van der Waals surface area contributed by atoms with Crippen LogP contribution < -0.4 is 5.32 Å². The number of nitrogens with zero attached hydrogens (tertiary/aromatic N) is 1. The van der Waals surface area contributed by atoms with Crippen LogP contribution in [0.4, 0.5) is 0 Å². The Morgan fingerprint density at radius 3 is 2.56 bits per heavy atom. The standard InChI is InChI=1S/C21H29ClN2O3/c1-21(2,14-23-19(25)12-22)17-7-9-24(10-8-17)20(26)18-11-15-5-3-4-6-16(15)13-27-18/h3-6,17-18H,7-14H2,1-2H3,(H,23,25). The molecular formula is C21H29ClN2O3. The van der Waals surface area contributed by atoms with Crippen molar-refractivity contribution >= 4 is 23.4 Å². The summed E-state index contributed by atoms with van der Waals surface area (Å²) in [6.45, 7) is 6.96. The molecule has 6 heteroatoms. The highest BCUT2D eigenvalue weighted by Crippen LogP contribution is 2.35. The topological polar surface area (TPSA) is 58.6 Å². The Labute approximate surface area is 166 Å². The number of carbonyl (C=O) groups excluding carboxylic acids is 2. The third kappa shape index (κ3) is 4.82. The SMILES string of the molecule is CC(C)(CNC(=O)CCl)C1CCN(C(=O)C2Cc3ccccc3CO2)CC1. The number of hydrogen-bond donors (Lipinski definition) is 1. The van der Waals surface area contributed by atoms with E-state index in [0.29, 0.717) is 25.5 Å². The summed E-state index contributed by atoms with van der Waals surface area (Å²) in [6, 6.07) is 8.17. The minimum absolute atomic E-state index is 0.00641. The van der Waals surface area contributed by atoms with Crippen LogP contribution in [0.25, 0.3) is 0 Å². The van der Waals surface area contributed by atoms with Gasteiger partial charge in [-0.1, -0.05) is 38.1 Å². The summed E-state index contributed by atoms with van der Waals surface area (Å²) in [5, 5.41) is 2.89. The summed E-state index contributed by atoms with van der Waals surface area (Å²) in [6.07, 6.45) is 2.18. The first-order valence-corrected chi connectivity index (χ1v) is 10.2. The quantitative estimate of drug-likeness (QED) is 0.784. The fraction of sp³-hybridized carbons (Fsp3) is 0.619. The highest BCUT2D eigenvalue weighted by Gasteiger charge is 2.36. The number of alkyl halides is 1. The third-order valence-corrected chi connectivity index (χ3v) is 6.26. The second-order valence-electron chi connectivity index (χ2n) is 8.27. The lowest BCUT2D eigenvalue weighted by Crippen LogP contribution is -2.49. The molecular weight excluding hydrogens is 364 g/mol. The lowest BCUT2D eigenvalue weighted by atomic mass is 9.73. The summed E-state index contributed by atoms with van der Waals surface area (Å²) in [4.78, 5) is 26.3. The number of hydrogen-bond acceptors (Lipinski definition) is 3. The van der Waals surface area contributed by atoms with Crippen molar-refractivity contribution in [3.8, 4) is 0 Å². The van der Waals surface area contributed by atoms with Crippen molar-refractivity contribution in [3.05, 3.63) is 35.4 Å². The molecule has 148 valence electrons. The summed E-state index contributed by atoms with van der Waals surface area (Å²) in [5.41, 5.74) is 2.38. The second-order valence-corrected chi connectivity index (χ2v) is 8.54. The Morgan fingerprint density at radius 1 is 1.22 bits per heavy atom. The maximum atomic E-state index is 12.9. The fourth-order valence-corrected chi connectivity index (χ4v) is 4.20. The zero-order valence-electron chi connectivity index (χ0n) is 16.2. The van der Waals surface area contributed by atoms with Crippen molar-refractivity contribution in [3.63, 3.8) is 0 Å². The minimum Gasteiger partial charge on any atom is -0.363 e. The van der Waals surface area contributed by atoms with Crippen LogP contribution in [0.15, 0.2) is 24.3 Å². The molecule has 2 amide bonds. The number of rotatable bonds is 5. The first-order chi connectivity index (χ1) is 12.9. The third-order valence-electron chi connectivity index (χ3n) is 6.01. The van der Waals surface area contributed by atoms with Gasteiger partial charge in [0.1, 0.15) is 12.0 Å². The summed E-state index contributed by atoms with van der Waals surface area (Å²) >= 11 is 5.56. The smallest absolute Gasteiger partial charge is 0.252 e. The number of ether oxygens (including phenoxy) is 1. The van der Waals surface area contributed by atoms with E-state index in [-0.39, 0.29) is 29.2 Å². The predicted molar refractivity (Wildman–Crippen MR) is 106 cm³/mol. The van der Waals surface area contributed by atoms with E-state index in [1.54, 1.807) is 0 Å². The Balaban J connectivity index is 1.52. The number of halogens is 1. The van der Waals surface area contributed by atoms with Gasteiger partial charge in [-0.05, 0) is 35.3 Å². The molecule has 1 fully saturated rings. The number of benzene rings is 1. The minimum atomic E-state index is -0.368. The number of piperidine rings is 1. The Morgan fingerprint density at radius 2 is 1.89 bits per heavy atom. The van der Waals surface area contributed by atoms with Gasteiger partial charge >= 0.3 is 0 Å². The zero-order chi connectivity index (χ0) is 19.4. The van der Waals surface area contributed by atoms with Crippen LogP contribution in [0.1, 0.15) is 37.8 Å². The number of likely N-dealkylation sites (tertiary alicyclic amines) is 1. The molecule has 0 aromatic heterocycles. The second kappa shape index (κ2) is 8.61. The number of carbonyl (C=O) groups is 2. The molecule has 2 aliphatic rings. The van der Waals surface area contributed by atoms with Crippen molar-refractivity contribution in [2.24, 2.45) is 11.3 Å². The van der Waals surface area contributed by atoms with Crippen molar-refractivity contribution in [1.29, 1.82) is 0 Å². The van der Waals surface area contributed by atoms with Crippen molar-refractivity contribution < 1.29 is 14.3 Å². The lowest BCUT2D eigenvalue weighted by molar-refractivity contribution is -0.147. The molecule has 1 atom stereocenters. The maximum absolute atomic E-state index is 12.9. The van der Waals surface area contributed by atoms with E-state index in [2.05, 4.69) is 31.3 Å². The highest BCUT2D eigenvalue weighted by atomic mass is 35.5. The van der Waals surface area contributed by atoms with Crippen molar-refractivity contribution in [2.45, 2.75) is 45.8 Å². The van der Waals surface area contributed by atoms with E-state index in [0.717, 1.165) is 25.9 Å². The van der Waals surface area contributed by atoms with E-state index in [4.69, 9.17) is 16.3 Å². The molecule has 0 radical (unpaired) electrons. The van der Waals surface area contributed by atoms with E-state index in [1.165, 1.54) is 11.1 Å². The number of fused-ring (bicyclic) bond motifs is 1. The van der Waals surface area contributed by atoms with Gasteiger partial charge in [0.25, 0.3) is 5.91 Å². The Kier molecular flexibility index (Phi) is 6.43. The normalized spacial score (nSPS) is 20.9. The number of amides is 2. The molecule has 1 N–H and O–H groups in total. The zero-order valence-corrected chi connectivity index (χ0v) is 16.9. The molecule has 1 saturated heterocycles. The average Bonchev–Trinajstić information content (AvgIpc) is 2.71. The predicted octanol–water partition coefficient (Wildman–Crippen LogP) is 2.75. The van der Waals surface area contributed by atoms with Crippen LogP contribution in [0, 0.1) is 11.3 Å². The largest absolute Gasteiger partial charge is 0.363 e. The molecule has 0 spiro atoms. The summed E-state index contributed by atoms with van der Waals surface area (Å²) in [5.74, 6) is 0.432. The van der Waals surface area contributed by atoms with Crippen molar-refractivity contribution in [2.75, 3.05) is 25.5 Å². The van der Waals surface area contributed by atoms with Crippen molar-refractivity contribution in [1.82, 2.24) is 10.2 Å². The summed E-state index contributed by atoms with van der Waals surface area (Å²) in [7, 11) is 0. The Hall–Kier alpha value is -1.59. The molecule has 0 saturated carbocycles. The van der Waals surface area contributed by atoms with Gasteiger partial charge in [-0.15, -0.1) is 11.6 Å². The highest BCUT2D eigenvalue weighted by molar-refractivity contribution is 6.27.